The van der Waals surface area contributed by atoms with E-state index in [0.29, 0.717) is 12.2 Å². The Bertz CT molecular complexity index is 463. The van der Waals surface area contributed by atoms with Gasteiger partial charge in [0.05, 0.1) is 11.9 Å². The van der Waals surface area contributed by atoms with E-state index >= 15 is 0 Å². The van der Waals surface area contributed by atoms with Crippen molar-refractivity contribution in [2.75, 3.05) is 5.73 Å². The predicted molar refractivity (Wildman–Crippen MR) is 62.8 cm³/mol. The molecule has 0 bridgehead atoms. The second kappa shape index (κ2) is 4.80. The molecule has 0 aliphatic carbocycles. The Morgan fingerprint density at radius 1 is 1.62 bits per heavy atom. The van der Waals surface area contributed by atoms with Crippen LogP contribution >= 0.6 is 11.3 Å². The Hall–Kier alpha value is -1.82. The van der Waals surface area contributed by atoms with E-state index in [1.807, 2.05) is 16.8 Å². The lowest BCUT2D eigenvalue weighted by Gasteiger charge is -2.03. The number of carbonyl (C=O) groups is 1. The summed E-state index contributed by atoms with van der Waals surface area (Å²) >= 11 is 1.61. The molecule has 2 rings (SSSR count). The van der Waals surface area contributed by atoms with Crippen LogP contribution in [0.1, 0.15) is 5.56 Å². The van der Waals surface area contributed by atoms with Gasteiger partial charge in [0.15, 0.2) is 0 Å². The molecule has 2 aromatic heterocycles. The third kappa shape index (κ3) is 2.83. The van der Waals surface area contributed by atoms with Crippen molar-refractivity contribution in [3.05, 3.63) is 34.8 Å². The van der Waals surface area contributed by atoms with Gasteiger partial charge in [-0.3, -0.25) is 9.48 Å². The summed E-state index contributed by atoms with van der Waals surface area (Å²) in [5.41, 5.74) is 7.16. The van der Waals surface area contributed by atoms with Gasteiger partial charge in [-0.1, -0.05) is 0 Å². The Labute approximate surface area is 96.9 Å². The number of hydrogen-bond acceptors (Lipinski definition) is 4. The van der Waals surface area contributed by atoms with Gasteiger partial charge in [0.25, 0.3) is 0 Å². The molecule has 16 heavy (non-hydrogen) atoms. The molecular formula is C10H12N4OS. The molecule has 0 spiro atoms. The molecule has 0 fully saturated rings. The molecule has 1 amide bonds. The van der Waals surface area contributed by atoms with E-state index in [0.717, 1.165) is 5.56 Å². The number of anilines is 1. The molecule has 2 aromatic rings. The number of nitrogen functional groups attached to an aromatic ring is 1. The van der Waals surface area contributed by atoms with Gasteiger partial charge in [-0.25, -0.2) is 0 Å². The highest BCUT2D eigenvalue weighted by Crippen LogP contribution is 2.04. The van der Waals surface area contributed by atoms with E-state index in [9.17, 15) is 4.79 Å². The van der Waals surface area contributed by atoms with Gasteiger partial charge in [-0.2, -0.15) is 16.4 Å². The van der Waals surface area contributed by atoms with Gasteiger partial charge in [0.2, 0.25) is 5.91 Å². The monoisotopic (exact) mass is 236 g/mol. The maximum atomic E-state index is 11.5. The molecule has 0 unspecified atom stereocenters. The molecule has 84 valence electrons. The number of aromatic nitrogens is 2. The number of nitrogens with zero attached hydrogens (tertiary/aromatic N) is 2. The topological polar surface area (TPSA) is 72.9 Å². The zero-order chi connectivity index (χ0) is 11.4. The average Bonchev–Trinajstić information content (AvgIpc) is 2.87. The fourth-order valence-corrected chi connectivity index (χ4v) is 1.93. The minimum Gasteiger partial charge on any atom is -0.396 e. The van der Waals surface area contributed by atoms with E-state index in [1.54, 1.807) is 17.5 Å². The lowest BCUT2D eigenvalue weighted by molar-refractivity contribution is -0.122. The van der Waals surface area contributed by atoms with Crippen LogP contribution in [0.5, 0.6) is 0 Å². The van der Waals surface area contributed by atoms with Crippen LogP contribution in [0.15, 0.2) is 29.2 Å². The molecule has 0 saturated carbocycles. The fourth-order valence-electron chi connectivity index (χ4n) is 1.26. The summed E-state index contributed by atoms with van der Waals surface area (Å²) in [6.07, 6.45) is 3.15. The maximum Gasteiger partial charge on any atom is 0.241 e. The molecule has 0 radical (unpaired) electrons. The van der Waals surface area contributed by atoms with E-state index in [2.05, 4.69) is 10.4 Å². The second-order valence-corrected chi connectivity index (χ2v) is 4.16. The number of hydrogen-bond donors (Lipinski definition) is 2. The van der Waals surface area contributed by atoms with Crippen LogP contribution in [0.4, 0.5) is 5.69 Å². The highest BCUT2D eigenvalue weighted by atomic mass is 32.1. The quantitative estimate of drug-likeness (QED) is 0.826. The smallest absolute Gasteiger partial charge is 0.241 e. The summed E-state index contributed by atoms with van der Waals surface area (Å²) < 4.78 is 1.51. The zero-order valence-corrected chi connectivity index (χ0v) is 9.41. The third-order valence-electron chi connectivity index (χ3n) is 2.03. The summed E-state index contributed by atoms with van der Waals surface area (Å²) in [6, 6.07) is 1.98. The van der Waals surface area contributed by atoms with E-state index < -0.39 is 0 Å². The first kappa shape index (κ1) is 10.7. The van der Waals surface area contributed by atoms with Gasteiger partial charge in [0.1, 0.15) is 6.54 Å². The largest absolute Gasteiger partial charge is 0.396 e. The number of amides is 1. The SMILES string of the molecule is Nc1cnn(CC(=O)NCc2ccsc2)c1. The summed E-state index contributed by atoms with van der Waals surface area (Å²) in [5.74, 6) is -0.0747. The van der Waals surface area contributed by atoms with Crippen molar-refractivity contribution in [3.8, 4) is 0 Å². The van der Waals surface area contributed by atoms with Crippen LogP contribution in [-0.4, -0.2) is 15.7 Å². The molecule has 0 atom stereocenters. The number of carbonyl (C=O) groups excluding carboxylic acids is 1. The molecule has 5 nitrogen and oxygen atoms in total. The molecule has 2 heterocycles. The Kier molecular flexibility index (Phi) is 3.21. The maximum absolute atomic E-state index is 11.5. The fraction of sp³-hybridized carbons (Fsp3) is 0.200. The van der Waals surface area contributed by atoms with Gasteiger partial charge < -0.3 is 11.1 Å². The minimum absolute atomic E-state index is 0.0747. The van der Waals surface area contributed by atoms with E-state index in [-0.39, 0.29) is 12.5 Å². The average molecular weight is 236 g/mol. The van der Waals surface area contributed by atoms with Crippen LogP contribution in [-0.2, 0) is 17.9 Å². The molecule has 0 aliphatic rings. The molecule has 6 heteroatoms. The molecule has 0 aliphatic heterocycles. The number of nitrogens with two attached hydrogens (primary N) is 1. The Balaban J connectivity index is 1.81. The lowest BCUT2D eigenvalue weighted by Crippen LogP contribution is -2.27. The van der Waals surface area contributed by atoms with Crippen molar-refractivity contribution in [1.82, 2.24) is 15.1 Å². The molecule has 0 saturated heterocycles. The van der Waals surface area contributed by atoms with Crippen LogP contribution in [0, 0.1) is 0 Å². The normalized spacial score (nSPS) is 10.2. The van der Waals surface area contributed by atoms with Gasteiger partial charge >= 0.3 is 0 Å². The van der Waals surface area contributed by atoms with E-state index in [1.165, 1.54) is 10.9 Å². The second-order valence-electron chi connectivity index (χ2n) is 3.38. The minimum atomic E-state index is -0.0747. The highest BCUT2D eigenvalue weighted by Gasteiger charge is 2.03. The van der Waals surface area contributed by atoms with Crippen molar-refractivity contribution < 1.29 is 4.79 Å². The predicted octanol–water partition coefficient (Wildman–Crippen LogP) is 0.843. The summed E-state index contributed by atoms with van der Waals surface area (Å²) in [4.78, 5) is 11.5. The van der Waals surface area contributed by atoms with Crippen molar-refractivity contribution in [3.63, 3.8) is 0 Å². The standard InChI is InChI=1S/C10H12N4OS/c11-9-4-13-14(5-9)6-10(15)12-3-8-1-2-16-7-8/h1-2,4-5,7H,3,6,11H2,(H,12,15). The number of rotatable bonds is 4. The number of thiophene rings is 1. The summed E-state index contributed by atoms with van der Waals surface area (Å²) in [6.45, 7) is 0.750. The molecular weight excluding hydrogens is 224 g/mol. The third-order valence-corrected chi connectivity index (χ3v) is 2.76. The van der Waals surface area contributed by atoms with Gasteiger partial charge in [-0.15, -0.1) is 0 Å². The van der Waals surface area contributed by atoms with Crippen molar-refractivity contribution >= 4 is 22.9 Å². The lowest BCUT2D eigenvalue weighted by atomic mass is 10.3. The first-order valence-corrected chi connectivity index (χ1v) is 5.74. The highest BCUT2D eigenvalue weighted by molar-refractivity contribution is 7.07. The van der Waals surface area contributed by atoms with Crippen LogP contribution in [0.3, 0.4) is 0 Å². The molecule has 0 aromatic carbocycles. The zero-order valence-electron chi connectivity index (χ0n) is 8.59. The van der Waals surface area contributed by atoms with Gasteiger partial charge in [0, 0.05) is 12.7 Å². The molecule has 3 N–H and O–H groups in total. The Morgan fingerprint density at radius 3 is 3.12 bits per heavy atom. The van der Waals surface area contributed by atoms with Crippen molar-refractivity contribution in [2.45, 2.75) is 13.1 Å². The van der Waals surface area contributed by atoms with Crippen LogP contribution in [0.2, 0.25) is 0 Å². The van der Waals surface area contributed by atoms with Crippen molar-refractivity contribution in [2.24, 2.45) is 0 Å². The van der Waals surface area contributed by atoms with Crippen LogP contribution in [0.25, 0.3) is 0 Å². The van der Waals surface area contributed by atoms with Crippen molar-refractivity contribution in [1.29, 1.82) is 0 Å². The van der Waals surface area contributed by atoms with E-state index in [4.69, 9.17) is 5.73 Å². The summed E-state index contributed by atoms with van der Waals surface area (Å²) in [7, 11) is 0. The summed E-state index contributed by atoms with van der Waals surface area (Å²) in [5, 5.41) is 10.7. The first-order chi connectivity index (χ1) is 7.74. The van der Waals surface area contributed by atoms with Gasteiger partial charge in [-0.05, 0) is 22.4 Å². The van der Waals surface area contributed by atoms with Crippen LogP contribution < -0.4 is 11.1 Å². The number of nitrogens with one attached hydrogen (secondary N) is 1. The first-order valence-electron chi connectivity index (χ1n) is 4.80. The Morgan fingerprint density at radius 2 is 2.50 bits per heavy atom.